The number of nitrogens with one attached hydrogen (secondary N) is 1. The number of carbonyl (C=O) groups is 2. The zero-order valence-corrected chi connectivity index (χ0v) is 18.2. The predicted molar refractivity (Wildman–Crippen MR) is 120 cm³/mol. The van der Waals surface area contributed by atoms with Crippen molar-refractivity contribution in [3.63, 3.8) is 0 Å². The van der Waals surface area contributed by atoms with E-state index in [0.29, 0.717) is 5.57 Å². The van der Waals surface area contributed by atoms with E-state index >= 15 is 0 Å². The lowest BCUT2D eigenvalue weighted by Crippen LogP contribution is -2.32. The van der Waals surface area contributed by atoms with Crippen molar-refractivity contribution < 1.29 is 9.59 Å². The zero-order valence-electron chi connectivity index (χ0n) is 16.6. The third-order valence-corrected chi connectivity index (χ3v) is 5.64. The SMILES string of the molecule is Cc1ccc(C2=C(Nc3cccc(Br)c3)C(=O)N(Cc3ccncc3)C2=O)cc1C. The third kappa shape index (κ3) is 3.91. The highest BCUT2D eigenvalue weighted by Gasteiger charge is 2.39. The minimum atomic E-state index is -0.343. The van der Waals surface area contributed by atoms with Crippen LogP contribution in [0, 0.1) is 13.8 Å². The van der Waals surface area contributed by atoms with Crippen molar-refractivity contribution in [3.05, 3.63) is 99.4 Å². The second kappa shape index (κ2) is 8.24. The summed E-state index contributed by atoms with van der Waals surface area (Å²) < 4.78 is 0.881. The van der Waals surface area contributed by atoms with Crippen LogP contribution in [0.4, 0.5) is 5.69 Å². The smallest absolute Gasteiger partial charge is 0.278 e. The zero-order chi connectivity index (χ0) is 21.3. The van der Waals surface area contributed by atoms with Crippen LogP contribution in [0.15, 0.2) is 77.2 Å². The van der Waals surface area contributed by atoms with E-state index in [4.69, 9.17) is 0 Å². The summed E-state index contributed by atoms with van der Waals surface area (Å²) in [6.07, 6.45) is 3.30. The van der Waals surface area contributed by atoms with Crippen molar-refractivity contribution in [3.8, 4) is 0 Å². The number of rotatable bonds is 5. The van der Waals surface area contributed by atoms with Crippen molar-refractivity contribution in [2.45, 2.75) is 20.4 Å². The normalized spacial score (nSPS) is 13.9. The number of amides is 2. The molecule has 2 aromatic carbocycles. The number of benzene rings is 2. The fourth-order valence-electron chi connectivity index (χ4n) is 3.38. The number of anilines is 1. The van der Waals surface area contributed by atoms with E-state index in [1.807, 2.05) is 56.3 Å². The first-order chi connectivity index (χ1) is 14.4. The van der Waals surface area contributed by atoms with Gasteiger partial charge in [0.15, 0.2) is 0 Å². The van der Waals surface area contributed by atoms with Crippen LogP contribution in [0.5, 0.6) is 0 Å². The molecular weight excluding hydrogens is 442 g/mol. The van der Waals surface area contributed by atoms with Crippen molar-refractivity contribution in [1.82, 2.24) is 9.88 Å². The summed E-state index contributed by atoms with van der Waals surface area (Å²) in [5, 5.41) is 3.19. The fraction of sp³-hybridized carbons (Fsp3) is 0.125. The van der Waals surface area contributed by atoms with E-state index < -0.39 is 0 Å². The number of nitrogens with zero attached hydrogens (tertiary/aromatic N) is 2. The largest absolute Gasteiger partial charge is 0.350 e. The minimum Gasteiger partial charge on any atom is -0.350 e. The maximum atomic E-state index is 13.4. The molecule has 150 valence electrons. The monoisotopic (exact) mass is 461 g/mol. The molecule has 0 atom stereocenters. The van der Waals surface area contributed by atoms with Crippen molar-refractivity contribution in [2.24, 2.45) is 0 Å². The molecule has 30 heavy (non-hydrogen) atoms. The van der Waals surface area contributed by atoms with Crippen LogP contribution in [-0.4, -0.2) is 21.7 Å². The van der Waals surface area contributed by atoms with Gasteiger partial charge in [-0.2, -0.15) is 0 Å². The molecule has 2 heterocycles. The number of halogens is 1. The van der Waals surface area contributed by atoms with E-state index in [2.05, 4.69) is 26.2 Å². The Morgan fingerprint density at radius 1 is 0.933 bits per heavy atom. The Morgan fingerprint density at radius 3 is 2.40 bits per heavy atom. The van der Waals surface area contributed by atoms with Crippen LogP contribution in [0.3, 0.4) is 0 Å². The summed E-state index contributed by atoms with van der Waals surface area (Å²) >= 11 is 3.45. The second-order valence-corrected chi connectivity index (χ2v) is 8.15. The molecular formula is C24H20BrN3O2. The standard InChI is InChI=1S/C24H20BrN3O2/c1-15-6-7-18(12-16(15)2)21-22(27-20-5-3-4-19(25)13-20)24(30)28(23(21)29)14-17-8-10-26-11-9-17/h3-13,27H,14H2,1-2H3. The minimum absolute atomic E-state index is 0.193. The van der Waals surface area contributed by atoms with Gasteiger partial charge in [-0.1, -0.05) is 40.2 Å². The van der Waals surface area contributed by atoms with E-state index in [9.17, 15) is 9.59 Å². The average molecular weight is 462 g/mol. The first kappa shape index (κ1) is 20.0. The van der Waals surface area contributed by atoms with Crippen LogP contribution >= 0.6 is 15.9 Å². The highest BCUT2D eigenvalue weighted by molar-refractivity contribution is 9.10. The molecule has 1 aromatic heterocycles. The quantitative estimate of drug-likeness (QED) is 0.551. The van der Waals surface area contributed by atoms with Gasteiger partial charge in [0, 0.05) is 22.6 Å². The molecule has 1 N–H and O–H groups in total. The number of aryl methyl sites for hydroxylation is 2. The van der Waals surface area contributed by atoms with Gasteiger partial charge in [0.1, 0.15) is 5.70 Å². The van der Waals surface area contributed by atoms with Gasteiger partial charge in [0.2, 0.25) is 0 Å². The molecule has 0 saturated carbocycles. The van der Waals surface area contributed by atoms with E-state index in [1.165, 1.54) is 4.90 Å². The summed E-state index contributed by atoms with van der Waals surface area (Å²) in [6.45, 7) is 4.21. The Morgan fingerprint density at radius 2 is 1.70 bits per heavy atom. The molecule has 0 spiro atoms. The van der Waals surface area contributed by atoms with Crippen molar-refractivity contribution in [2.75, 3.05) is 5.32 Å². The average Bonchev–Trinajstić information content (AvgIpc) is 2.95. The molecule has 4 rings (SSSR count). The van der Waals surface area contributed by atoms with Gasteiger partial charge in [0.05, 0.1) is 12.1 Å². The van der Waals surface area contributed by atoms with Gasteiger partial charge in [-0.25, -0.2) is 0 Å². The molecule has 3 aromatic rings. The first-order valence-corrected chi connectivity index (χ1v) is 10.3. The van der Waals surface area contributed by atoms with E-state index in [1.54, 1.807) is 24.5 Å². The molecule has 0 unspecified atom stereocenters. The number of hydrogen-bond donors (Lipinski definition) is 1. The van der Waals surface area contributed by atoms with Crippen LogP contribution in [0.1, 0.15) is 22.3 Å². The lowest BCUT2D eigenvalue weighted by molar-refractivity contribution is -0.137. The van der Waals surface area contributed by atoms with Crippen molar-refractivity contribution in [1.29, 1.82) is 0 Å². The Hall–Kier alpha value is -3.25. The molecule has 0 aliphatic carbocycles. The molecule has 5 nitrogen and oxygen atoms in total. The van der Waals surface area contributed by atoms with Crippen LogP contribution in [0.25, 0.3) is 5.57 Å². The molecule has 0 radical (unpaired) electrons. The summed E-state index contributed by atoms with van der Waals surface area (Å²) in [5.74, 6) is -0.650. The topological polar surface area (TPSA) is 62.3 Å². The Balaban J connectivity index is 1.77. The lowest BCUT2D eigenvalue weighted by atomic mass is 9.99. The van der Waals surface area contributed by atoms with Gasteiger partial charge in [-0.05, 0) is 66.4 Å². The molecule has 1 aliphatic rings. The highest BCUT2D eigenvalue weighted by Crippen LogP contribution is 2.32. The van der Waals surface area contributed by atoms with Crippen LogP contribution < -0.4 is 5.32 Å². The molecule has 2 amide bonds. The Kier molecular flexibility index (Phi) is 5.50. The van der Waals surface area contributed by atoms with E-state index in [-0.39, 0.29) is 24.1 Å². The number of imide groups is 1. The number of aromatic nitrogens is 1. The lowest BCUT2D eigenvalue weighted by Gasteiger charge is -2.15. The number of hydrogen-bond acceptors (Lipinski definition) is 4. The summed E-state index contributed by atoms with van der Waals surface area (Å²) in [7, 11) is 0. The molecule has 1 aliphatic heterocycles. The van der Waals surface area contributed by atoms with Crippen LogP contribution in [-0.2, 0) is 16.1 Å². The summed E-state index contributed by atoms with van der Waals surface area (Å²) in [5.41, 5.74) is 5.17. The van der Waals surface area contributed by atoms with Gasteiger partial charge < -0.3 is 5.32 Å². The Bertz CT molecular complexity index is 1170. The predicted octanol–water partition coefficient (Wildman–Crippen LogP) is 4.85. The van der Waals surface area contributed by atoms with Gasteiger partial charge in [0.25, 0.3) is 11.8 Å². The molecule has 0 bridgehead atoms. The summed E-state index contributed by atoms with van der Waals surface area (Å²) in [6, 6.07) is 16.9. The number of pyridine rings is 1. The number of carbonyl (C=O) groups excluding carboxylic acids is 2. The van der Waals surface area contributed by atoms with Crippen molar-refractivity contribution >= 4 is 39.0 Å². The van der Waals surface area contributed by atoms with Gasteiger partial charge >= 0.3 is 0 Å². The maximum absolute atomic E-state index is 13.4. The maximum Gasteiger partial charge on any atom is 0.278 e. The van der Waals surface area contributed by atoms with Gasteiger partial charge in [-0.3, -0.25) is 19.5 Å². The van der Waals surface area contributed by atoms with Gasteiger partial charge in [-0.15, -0.1) is 0 Å². The molecule has 0 fully saturated rings. The molecule has 6 heteroatoms. The van der Waals surface area contributed by atoms with Crippen LogP contribution in [0.2, 0.25) is 0 Å². The molecule has 0 saturated heterocycles. The van der Waals surface area contributed by atoms with E-state index in [0.717, 1.165) is 32.4 Å². The second-order valence-electron chi connectivity index (χ2n) is 7.24. The Labute approximate surface area is 183 Å². The fourth-order valence-corrected chi connectivity index (χ4v) is 3.78. The first-order valence-electron chi connectivity index (χ1n) is 9.53. The third-order valence-electron chi connectivity index (χ3n) is 5.15. The highest BCUT2D eigenvalue weighted by atomic mass is 79.9. The summed E-state index contributed by atoms with van der Waals surface area (Å²) in [4.78, 5) is 31.9.